The molecule has 0 saturated heterocycles. The number of phenolic OH excluding ortho intramolecular Hbond substituents is 1. The lowest BCUT2D eigenvalue weighted by Crippen LogP contribution is -2.22. The van der Waals surface area contributed by atoms with Crippen LogP contribution in [0.1, 0.15) is 15.9 Å². The van der Waals surface area contributed by atoms with E-state index in [2.05, 4.69) is 15.5 Å². The van der Waals surface area contributed by atoms with Gasteiger partial charge in [-0.3, -0.25) is 9.89 Å². The van der Waals surface area contributed by atoms with Crippen molar-refractivity contribution in [3.8, 4) is 5.75 Å². The molecule has 2 rings (SSSR count). The zero-order valence-electron chi connectivity index (χ0n) is 8.97. The van der Waals surface area contributed by atoms with E-state index < -0.39 is 0 Å². The summed E-state index contributed by atoms with van der Waals surface area (Å²) in [6, 6.07) is 6.01. The van der Waals surface area contributed by atoms with Gasteiger partial charge in [0, 0.05) is 17.7 Å². The number of amides is 1. The minimum absolute atomic E-state index is 0.126. The third-order valence-electron chi connectivity index (χ3n) is 2.32. The number of nitrogen functional groups attached to an aromatic ring is 1. The molecule has 0 bridgehead atoms. The number of hydrogen-bond acceptors (Lipinski definition) is 4. The fourth-order valence-corrected chi connectivity index (χ4v) is 1.35. The number of aromatic amines is 1. The monoisotopic (exact) mass is 232 g/mol. The first-order chi connectivity index (χ1) is 8.16. The van der Waals surface area contributed by atoms with E-state index in [4.69, 9.17) is 10.8 Å². The zero-order valence-corrected chi connectivity index (χ0v) is 8.97. The summed E-state index contributed by atoms with van der Waals surface area (Å²) in [7, 11) is 0. The molecule has 0 spiro atoms. The molecule has 17 heavy (non-hydrogen) atoms. The first-order valence-corrected chi connectivity index (χ1v) is 5.02. The van der Waals surface area contributed by atoms with Crippen LogP contribution < -0.4 is 11.1 Å². The maximum absolute atomic E-state index is 11.7. The summed E-state index contributed by atoms with van der Waals surface area (Å²) in [6.45, 7) is 0.308. The topological polar surface area (TPSA) is 104 Å². The SMILES string of the molecule is Nc1[nH]ncc1CNC(=O)c1ccc(O)cc1. The summed E-state index contributed by atoms with van der Waals surface area (Å²) in [5.41, 5.74) is 6.79. The number of nitrogens with one attached hydrogen (secondary N) is 2. The Morgan fingerprint density at radius 1 is 1.41 bits per heavy atom. The lowest BCUT2D eigenvalue weighted by Gasteiger charge is -2.04. The number of H-pyrrole nitrogens is 1. The van der Waals surface area contributed by atoms with E-state index in [1.54, 1.807) is 18.3 Å². The molecule has 0 unspecified atom stereocenters. The van der Waals surface area contributed by atoms with Gasteiger partial charge < -0.3 is 16.2 Å². The minimum Gasteiger partial charge on any atom is -0.508 e. The summed E-state index contributed by atoms with van der Waals surface area (Å²) in [5, 5.41) is 18.1. The first kappa shape index (κ1) is 11.0. The second-order valence-corrected chi connectivity index (χ2v) is 3.54. The third-order valence-corrected chi connectivity index (χ3v) is 2.32. The Morgan fingerprint density at radius 3 is 2.71 bits per heavy atom. The Balaban J connectivity index is 1.98. The average Bonchev–Trinajstić information content (AvgIpc) is 2.73. The van der Waals surface area contributed by atoms with Crippen LogP contribution in [0, 0.1) is 0 Å². The van der Waals surface area contributed by atoms with Gasteiger partial charge in [-0.05, 0) is 24.3 Å². The lowest BCUT2D eigenvalue weighted by molar-refractivity contribution is 0.0951. The highest BCUT2D eigenvalue weighted by Crippen LogP contribution is 2.10. The highest BCUT2D eigenvalue weighted by Gasteiger charge is 2.07. The van der Waals surface area contributed by atoms with E-state index in [-0.39, 0.29) is 11.7 Å². The summed E-state index contributed by atoms with van der Waals surface area (Å²) in [5.74, 6) is 0.335. The van der Waals surface area contributed by atoms with Gasteiger partial charge in [-0.15, -0.1) is 0 Å². The smallest absolute Gasteiger partial charge is 0.251 e. The van der Waals surface area contributed by atoms with Crippen molar-refractivity contribution in [3.05, 3.63) is 41.6 Å². The summed E-state index contributed by atoms with van der Waals surface area (Å²) in [4.78, 5) is 11.7. The quantitative estimate of drug-likeness (QED) is 0.623. The Hall–Kier alpha value is -2.50. The van der Waals surface area contributed by atoms with Gasteiger partial charge in [0.1, 0.15) is 11.6 Å². The van der Waals surface area contributed by atoms with Crippen LogP contribution in [0.4, 0.5) is 5.82 Å². The Kier molecular flexibility index (Phi) is 2.95. The van der Waals surface area contributed by atoms with Gasteiger partial charge >= 0.3 is 0 Å². The molecule has 0 aliphatic rings. The molecule has 6 heteroatoms. The molecule has 1 aromatic heterocycles. The van der Waals surface area contributed by atoms with Gasteiger partial charge in [0.2, 0.25) is 0 Å². The van der Waals surface area contributed by atoms with Crippen molar-refractivity contribution in [3.63, 3.8) is 0 Å². The molecule has 0 aliphatic carbocycles. The number of carbonyl (C=O) groups is 1. The van der Waals surface area contributed by atoms with Crippen LogP contribution in [0.15, 0.2) is 30.5 Å². The molecule has 0 saturated carbocycles. The number of anilines is 1. The fraction of sp³-hybridized carbons (Fsp3) is 0.0909. The van der Waals surface area contributed by atoms with E-state index in [1.165, 1.54) is 12.1 Å². The highest BCUT2D eigenvalue weighted by molar-refractivity contribution is 5.94. The van der Waals surface area contributed by atoms with Crippen LogP contribution >= 0.6 is 0 Å². The number of aromatic nitrogens is 2. The van der Waals surface area contributed by atoms with Gasteiger partial charge in [-0.1, -0.05) is 0 Å². The molecule has 0 atom stereocenters. The zero-order chi connectivity index (χ0) is 12.3. The number of hydrogen-bond donors (Lipinski definition) is 4. The fourth-order valence-electron chi connectivity index (χ4n) is 1.35. The van der Waals surface area contributed by atoms with Crippen molar-refractivity contribution in [1.29, 1.82) is 0 Å². The standard InChI is InChI=1S/C11H12N4O2/c12-10-8(6-14-15-10)5-13-11(17)7-1-3-9(16)4-2-7/h1-4,6,16H,5H2,(H,13,17)(H3,12,14,15). The average molecular weight is 232 g/mol. The van der Waals surface area contributed by atoms with Crippen LogP contribution in [-0.2, 0) is 6.54 Å². The van der Waals surface area contributed by atoms with Crippen molar-refractivity contribution < 1.29 is 9.90 Å². The molecule has 2 aromatic rings. The molecule has 0 fully saturated rings. The van der Waals surface area contributed by atoms with Crippen LogP contribution in [0.2, 0.25) is 0 Å². The minimum atomic E-state index is -0.231. The number of aromatic hydroxyl groups is 1. The van der Waals surface area contributed by atoms with Gasteiger partial charge in [-0.25, -0.2) is 0 Å². The second kappa shape index (κ2) is 4.56. The predicted octanol–water partition coefficient (Wildman–Crippen LogP) is 0.627. The maximum atomic E-state index is 11.7. The highest BCUT2D eigenvalue weighted by atomic mass is 16.3. The molecule has 88 valence electrons. The Labute approximate surface area is 97.5 Å². The number of phenols is 1. The number of nitrogens with two attached hydrogens (primary N) is 1. The van der Waals surface area contributed by atoms with Crippen LogP contribution in [-0.4, -0.2) is 21.2 Å². The molecule has 1 amide bonds. The number of nitrogens with zero attached hydrogens (tertiary/aromatic N) is 1. The van der Waals surface area contributed by atoms with E-state index in [0.29, 0.717) is 17.9 Å². The summed E-state index contributed by atoms with van der Waals surface area (Å²) < 4.78 is 0. The van der Waals surface area contributed by atoms with Crippen LogP contribution in [0.3, 0.4) is 0 Å². The summed E-state index contributed by atoms with van der Waals surface area (Å²) in [6.07, 6.45) is 1.56. The lowest BCUT2D eigenvalue weighted by atomic mass is 10.2. The van der Waals surface area contributed by atoms with Crippen LogP contribution in [0.25, 0.3) is 0 Å². The van der Waals surface area contributed by atoms with Gasteiger partial charge in [0.15, 0.2) is 0 Å². The first-order valence-electron chi connectivity index (χ1n) is 5.02. The Bertz CT molecular complexity index is 519. The largest absolute Gasteiger partial charge is 0.508 e. The van der Waals surface area contributed by atoms with Gasteiger partial charge in [-0.2, -0.15) is 5.10 Å². The molecule has 0 aliphatic heterocycles. The van der Waals surface area contributed by atoms with Crippen molar-refractivity contribution in [2.75, 3.05) is 5.73 Å². The van der Waals surface area contributed by atoms with E-state index in [9.17, 15) is 4.79 Å². The number of benzene rings is 1. The van der Waals surface area contributed by atoms with Crippen molar-refractivity contribution in [2.24, 2.45) is 0 Å². The molecule has 1 aromatic carbocycles. The number of rotatable bonds is 3. The second-order valence-electron chi connectivity index (χ2n) is 3.54. The van der Waals surface area contributed by atoms with Crippen molar-refractivity contribution in [1.82, 2.24) is 15.5 Å². The van der Waals surface area contributed by atoms with E-state index >= 15 is 0 Å². The van der Waals surface area contributed by atoms with Crippen molar-refractivity contribution in [2.45, 2.75) is 6.54 Å². The van der Waals surface area contributed by atoms with Gasteiger partial charge in [0.05, 0.1) is 6.20 Å². The Morgan fingerprint density at radius 2 is 2.12 bits per heavy atom. The molecule has 6 nitrogen and oxygen atoms in total. The summed E-state index contributed by atoms with van der Waals surface area (Å²) >= 11 is 0. The molecule has 5 N–H and O–H groups in total. The van der Waals surface area contributed by atoms with E-state index in [0.717, 1.165) is 5.56 Å². The third kappa shape index (κ3) is 2.54. The molecule has 1 heterocycles. The van der Waals surface area contributed by atoms with Gasteiger partial charge in [0.25, 0.3) is 5.91 Å². The van der Waals surface area contributed by atoms with E-state index in [1.807, 2.05) is 0 Å². The van der Waals surface area contributed by atoms with Crippen molar-refractivity contribution >= 4 is 11.7 Å². The normalized spacial score (nSPS) is 10.1. The molecular formula is C11H12N4O2. The molecular weight excluding hydrogens is 220 g/mol. The predicted molar refractivity (Wildman–Crippen MR) is 62.3 cm³/mol. The molecule has 0 radical (unpaired) electrons. The maximum Gasteiger partial charge on any atom is 0.251 e. The number of carbonyl (C=O) groups excluding carboxylic acids is 1. The van der Waals surface area contributed by atoms with Crippen LogP contribution in [0.5, 0.6) is 5.75 Å².